The number of nitrogens with zero attached hydrogens (tertiary/aromatic N) is 2. The molecule has 0 aliphatic carbocycles. The van der Waals surface area contributed by atoms with Gasteiger partial charge in [0.05, 0.1) is 18.8 Å². The lowest BCUT2D eigenvalue weighted by molar-refractivity contribution is -0.138. The van der Waals surface area contributed by atoms with Gasteiger partial charge < -0.3 is 14.9 Å². The summed E-state index contributed by atoms with van der Waals surface area (Å²) >= 11 is 0. The van der Waals surface area contributed by atoms with Crippen molar-refractivity contribution in [2.24, 2.45) is 0 Å². The zero-order chi connectivity index (χ0) is 20.8. The normalized spacial score (nSPS) is 11.7. The number of phenolic OH excluding ortho intramolecular Hbond substituents is 2. The van der Waals surface area contributed by atoms with E-state index in [1.807, 2.05) is 0 Å². The molecule has 0 aliphatic rings. The summed E-state index contributed by atoms with van der Waals surface area (Å²) in [6.07, 6.45) is -1.91. The van der Waals surface area contributed by atoms with Crippen LogP contribution < -0.4 is 4.74 Å². The van der Waals surface area contributed by atoms with Crippen LogP contribution in [0.4, 0.5) is 13.2 Å². The molecular weight excluding hydrogens is 387 g/mol. The molecule has 0 radical (unpaired) electrons. The van der Waals surface area contributed by atoms with Crippen LogP contribution in [0.15, 0.2) is 48.8 Å². The Bertz CT molecular complexity index is 1220. The lowest BCUT2D eigenvalue weighted by Crippen LogP contribution is -2.07. The van der Waals surface area contributed by atoms with E-state index in [4.69, 9.17) is 4.74 Å². The molecular formula is C20H14F3N3O3. The third kappa shape index (κ3) is 3.10. The summed E-state index contributed by atoms with van der Waals surface area (Å²) in [4.78, 5) is 4.04. The second-order valence-corrected chi connectivity index (χ2v) is 6.27. The van der Waals surface area contributed by atoms with Gasteiger partial charge in [0.25, 0.3) is 0 Å². The molecule has 0 fully saturated rings. The number of pyridine rings is 1. The number of H-pyrrole nitrogens is 1. The molecule has 0 bridgehead atoms. The van der Waals surface area contributed by atoms with E-state index < -0.39 is 23.2 Å². The molecule has 4 rings (SSSR count). The maximum Gasteiger partial charge on any atom is 0.420 e. The zero-order valence-electron chi connectivity index (χ0n) is 14.9. The van der Waals surface area contributed by atoms with Crippen LogP contribution in [0.2, 0.25) is 0 Å². The van der Waals surface area contributed by atoms with Gasteiger partial charge in [0.1, 0.15) is 17.1 Å². The van der Waals surface area contributed by atoms with Gasteiger partial charge in [0.15, 0.2) is 0 Å². The minimum absolute atomic E-state index is 0.0247. The summed E-state index contributed by atoms with van der Waals surface area (Å²) in [5.74, 6) is -1.57. The molecule has 2 aromatic carbocycles. The second-order valence-electron chi connectivity index (χ2n) is 6.27. The SMILES string of the molecule is COc1ncccc1-c1c(O)cc(C(F)(F)F)c(O)c1-c1ccc2[nH]ncc2c1. The van der Waals surface area contributed by atoms with Crippen LogP contribution in [0.5, 0.6) is 17.4 Å². The molecule has 2 heterocycles. The van der Waals surface area contributed by atoms with Crippen molar-refractivity contribution in [3.8, 4) is 39.6 Å². The Morgan fingerprint density at radius 1 is 1.07 bits per heavy atom. The fraction of sp³-hybridized carbons (Fsp3) is 0.100. The minimum atomic E-state index is -4.87. The third-order valence-electron chi connectivity index (χ3n) is 4.55. The van der Waals surface area contributed by atoms with E-state index in [9.17, 15) is 23.4 Å². The maximum absolute atomic E-state index is 13.5. The largest absolute Gasteiger partial charge is 0.507 e. The number of alkyl halides is 3. The van der Waals surface area contributed by atoms with Crippen LogP contribution in [0.25, 0.3) is 33.2 Å². The molecule has 0 aliphatic heterocycles. The maximum atomic E-state index is 13.5. The standard InChI is InChI=1S/C20H14F3N3O3/c1-29-19-12(3-2-6-24-19)17-15(27)8-13(20(21,22)23)18(28)16(17)10-4-5-14-11(7-10)9-25-26-14/h2-9,27-28H,1H3,(H,25,26). The van der Waals surface area contributed by atoms with Gasteiger partial charge >= 0.3 is 6.18 Å². The van der Waals surface area contributed by atoms with Crippen LogP contribution in [0.1, 0.15) is 5.56 Å². The molecule has 0 saturated carbocycles. The Morgan fingerprint density at radius 3 is 2.59 bits per heavy atom. The fourth-order valence-corrected chi connectivity index (χ4v) is 3.27. The lowest BCUT2D eigenvalue weighted by atomic mass is 9.90. The molecule has 0 unspecified atom stereocenters. The van der Waals surface area contributed by atoms with Gasteiger partial charge in [-0.25, -0.2) is 4.98 Å². The number of aromatic amines is 1. The quantitative estimate of drug-likeness (QED) is 0.432. The highest BCUT2D eigenvalue weighted by molar-refractivity contribution is 5.96. The smallest absolute Gasteiger partial charge is 0.420 e. The van der Waals surface area contributed by atoms with E-state index in [1.165, 1.54) is 31.6 Å². The summed E-state index contributed by atoms with van der Waals surface area (Å²) in [6.45, 7) is 0. The first-order valence-corrected chi connectivity index (χ1v) is 8.40. The molecule has 0 saturated heterocycles. The third-order valence-corrected chi connectivity index (χ3v) is 4.55. The number of aromatic hydroxyl groups is 2. The van der Waals surface area contributed by atoms with Crippen molar-refractivity contribution in [1.82, 2.24) is 15.2 Å². The van der Waals surface area contributed by atoms with Crippen molar-refractivity contribution in [1.29, 1.82) is 0 Å². The lowest BCUT2D eigenvalue weighted by Gasteiger charge is -2.19. The van der Waals surface area contributed by atoms with E-state index in [0.29, 0.717) is 17.0 Å². The average molecular weight is 401 g/mol. The number of hydrogen-bond donors (Lipinski definition) is 3. The summed E-state index contributed by atoms with van der Waals surface area (Å²) in [6, 6.07) is 8.31. The molecule has 0 spiro atoms. The van der Waals surface area contributed by atoms with Crippen LogP contribution in [0, 0.1) is 0 Å². The summed E-state index contributed by atoms with van der Waals surface area (Å²) in [7, 11) is 1.35. The van der Waals surface area contributed by atoms with Gasteiger partial charge in [-0.05, 0) is 35.9 Å². The van der Waals surface area contributed by atoms with E-state index in [0.717, 1.165) is 0 Å². The van der Waals surface area contributed by atoms with Crippen molar-refractivity contribution in [2.45, 2.75) is 6.18 Å². The van der Waals surface area contributed by atoms with Crippen molar-refractivity contribution in [3.05, 3.63) is 54.4 Å². The summed E-state index contributed by atoms with van der Waals surface area (Å²) < 4.78 is 45.7. The van der Waals surface area contributed by atoms with Crippen molar-refractivity contribution >= 4 is 10.9 Å². The van der Waals surface area contributed by atoms with E-state index in [-0.39, 0.29) is 28.1 Å². The molecule has 148 valence electrons. The van der Waals surface area contributed by atoms with Gasteiger partial charge in [0.2, 0.25) is 5.88 Å². The molecule has 0 amide bonds. The van der Waals surface area contributed by atoms with Crippen molar-refractivity contribution in [3.63, 3.8) is 0 Å². The summed E-state index contributed by atoms with van der Waals surface area (Å²) in [5, 5.41) is 28.4. The number of rotatable bonds is 3. The monoisotopic (exact) mass is 401 g/mol. The number of phenols is 2. The number of aromatic nitrogens is 3. The second kappa shape index (κ2) is 6.69. The van der Waals surface area contributed by atoms with E-state index in [2.05, 4.69) is 15.2 Å². The van der Waals surface area contributed by atoms with Crippen LogP contribution in [0.3, 0.4) is 0 Å². The van der Waals surface area contributed by atoms with Crippen LogP contribution >= 0.6 is 0 Å². The number of benzene rings is 2. The Balaban J connectivity index is 2.11. The highest BCUT2D eigenvalue weighted by atomic mass is 19.4. The first-order valence-electron chi connectivity index (χ1n) is 8.40. The zero-order valence-corrected chi connectivity index (χ0v) is 14.9. The Hall–Kier alpha value is -3.75. The van der Waals surface area contributed by atoms with Crippen molar-refractivity contribution in [2.75, 3.05) is 7.11 Å². The van der Waals surface area contributed by atoms with Crippen molar-refractivity contribution < 1.29 is 28.1 Å². The highest BCUT2D eigenvalue weighted by Gasteiger charge is 2.37. The summed E-state index contributed by atoms with van der Waals surface area (Å²) in [5.41, 5.74) is -0.388. The molecule has 6 nitrogen and oxygen atoms in total. The number of ether oxygens (including phenoxy) is 1. The Labute approximate surface area is 162 Å². The van der Waals surface area contributed by atoms with Gasteiger partial charge in [0, 0.05) is 28.3 Å². The molecule has 9 heteroatoms. The number of fused-ring (bicyclic) bond motifs is 1. The number of methoxy groups -OCH3 is 1. The number of hydrogen-bond acceptors (Lipinski definition) is 5. The molecule has 2 aromatic heterocycles. The molecule has 4 aromatic rings. The predicted octanol–water partition coefficient (Wildman–Crippen LogP) is 4.73. The highest BCUT2D eigenvalue weighted by Crippen LogP contribution is 2.51. The minimum Gasteiger partial charge on any atom is -0.507 e. The van der Waals surface area contributed by atoms with Crippen LogP contribution in [-0.2, 0) is 6.18 Å². The average Bonchev–Trinajstić information content (AvgIpc) is 3.16. The first kappa shape index (κ1) is 18.6. The van der Waals surface area contributed by atoms with Gasteiger partial charge in [-0.15, -0.1) is 0 Å². The fourth-order valence-electron chi connectivity index (χ4n) is 3.27. The van der Waals surface area contributed by atoms with E-state index >= 15 is 0 Å². The topological polar surface area (TPSA) is 91.3 Å². The number of nitrogens with one attached hydrogen (secondary N) is 1. The first-order chi connectivity index (χ1) is 13.8. The molecule has 3 N–H and O–H groups in total. The van der Waals surface area contributed by atoms with Gasteiger partial charge in [-0.3, -0.25) is 5.10 Å². The van der Waals surface area contributed by atoms with Gasteiger partial charge in [-0.2, -0.15) is 18.3 Å². The van der Waals surface area contributed by atoms with Gasteiger partial charge in [-0.1, -0.05) is 6.07 Å². The van der Waals surface area contributed by atoms with Crippen LogP contribution in [-0.4, -0.2) is 32.5 Å². The molecule has 0 atom stereocenters. The Morgan fingerprint density at radius 2 is 1.86 bits per heavy atom. The molecule has 29 heavy (non-hydrogen) atoms. The van der Waals surface area contributed by atoms with E-state index in [1.54, 1.807) is 18.2 Å². The number of halogens is 3. The Kier molecular flexibility index (Phi) is 4.30. The predicted molar refractivity (Wildman–Crippen MR) is 99.6 cm³/mol.